The van der Waals surface area contributed by atoms with Crippen LogP contribution in [0, 0.1) is 28.6 Å². The van der Waals surface area contributed by atoms with Gasteiger partial charge in [-0.15, -0.1) is 0 Å². The maximum Gasteiger partial charge on any atom is 0.152 e. The second-order valence-corrected chi connectivity index (χ2v) is 1.71. The topological polar surface area (TPSA) is 64.7 Å². The summed E-state index contributed by atoms with van der Waals surface area (Å²) in [6, 6.07) is 3.41. The van der Waals surface area contributed by atoms with Crippen molar-refractivity contribution >= 4 is 5.78 Å². The Bertz CT molecular complexity index is 215. The lowest BCUT2D eigenvalue weighted by Crippen LogP contribution is -1.88. The zero-order valence-corrected chi connectivity index (χ0v) is 5.53. The molecule has 0 amide bonds. The van der Waals surface area contributed by atoms with Crippen LogP contribution in [0.1, 0.15) is 6.92 Å². The van der Waals surface area contributed by atoms with Gasteiger partial charge in [-0.25, -0.2) is 0 Å². The summed E-state index contributed by atoms with van der Waals surface area (Å²) in [5, 5.41) is 16.4. The van der Waals surface area contributed by atoms with E-state index in [2.05, 4.69) is 0 Å². The van der Waals surface area contributed by atoms with Gasteiger partial charge in [0.1, 0.15) is 0 Å². The van der Waals surface area contributed by atoms with Crippen LogP contribution in [-0.2, 0) is 4.79 Å². The lowest BCUT2D eigenvalue weighted by atomic mass is 10.2. The summed E-state index contributed by atoms with van der Waals surface area (Å²) in [5.41, 5.74) is 0. The summed E-state index contributed by atoms with van der Waals surface area (Å²) in [7, 11) is 0. The minimum atomic E-state index is -0.802. The summed E-state index contributed by atoms with van der Waals surface area (Å²) in [5.74, 6) is -0.959. The summed E-state index contributed by atoms with van der Waals surface area (Å²) in [6.07, 6.45) is 2.50. The van der Waals surface area contributed by atoms with Gasteiger partial charge >= 0.3 is 0 Å². The van der Waals surface area contributed by atoms with Gasteiger partial charge in [0.15, 0.2) is 11.7 Å². The molecule has 3 heteroatoms. The molecule has 0 aromatic carbocycles. The first kappa shape index (κ1) is 8.39. The number of hydrogen-bond acceptors (Lipinski definition) is 3. The maximum atomic E-state index is 10.3. The Morgan fingerprint density at radius 2 is 2.00 bits per heavy atom. The molecule has 10 heavy (non-hydrogen) atoms. The third-order valence-electron chi connectivity index (χ3n) is 0.802. The Morgan fingerprint density at radius 1 is 1.50 bits per heavy atom. The standard InChI is InChI=1S/C7H6N2O/c1-6(10)2-3-7(4-8)5-9/h2-3,7H,1H3/b3-2-. The van der Waals surface area contributed by atoms with Gasteiger partial charge in [0.05, 0.1) is 12.1 Å². The number of hydrogen-bond donors (Lipinski definition) is 0. The highest BCUT2D eigenvalue weighted by Crippen LogP contribution is 1.93. The normalized spacial score (nSPS) is 9.20. The van der Waals surface area contributed by atoms with E-state index in [1.54, 1.807) is 12.1 Å². The third-order valence-corrected chi connectivity index (χ3v) is 0.802. The highest BCUT2D eigenvalue weighted by molar-refractivity contribution is 5.87. The second-order valence-electron chi connectivity index (χ2n) is 1.71. The zero-order chi connectivity index (χ0) is 7.98. The van der Waals surface area contributed by atoms with Crippen molar-refractivity contribution in [3.63, 3.8) is 0 Å². The molecule has 0 atom stereocenters. The van der Waals surface area contributed by atoms with Crippen molar-refractivity contribution in [1.82, 2.24) is 0 Å². The van der Waals surface area contributed by atoms with E-state index in [0.717, 1.165) is 0 Å². The molecule has 50 valence electrons. The first-order valence-electron chi connectivity index (χ1n) is 2.68. The fourth-order valence-electron chi connectivity index (χ4n) is 0.347. The molecule has 0 saturated heterocycles. The molecule has 0 N–H and O–H groups in total. The van der Waals surface area contributed by atoms with Gasteiger partial charge in [-0.05, 0) is 19.1 Å². The smallest absolute Gasteiger partial charge is 0.152 e. The van der Waals surface area contributed by atoms with Gasteiger partial charge in [-0.2, -0.15) is 10.5 Å². The van der Waals surface area contributed by atoms with Crippen molar-refractivity contribution in [2.45, 2.75) is 6.92 Å². The van der Waals surface area contributed by atoms with Crippen LogP contribution in [0.15, 0.2) is 12.2 Å². The van der Waals surface area contributed by atoms with E-state index in [-0.39, 0.29) is 5.78 Å². The first-order chi connectivity index (χ1) is 4.70. The number of carbonyl (C=O) groups excluding carboxylic acids is 1. The fraction of sp³-hybridized carbons (Fsp3) is 0.286. The SMILES string of the molecule is CC(=O)/C=C\C(C#N)C#N. The Kier molecular flexibility index (Phi) is 3.60. The highest BCUT2D eigenvalue weighted by Gasteiger charge is 1.97. The van der Waals surface area contributed by atoms with Crippen LogP contribution >= 0.6 is 0 Å². The van der Waals surface area contributed by atoms with E-state index >= 15 is 0 Å². The Hall–Kier alpha value is -1.61. The van der Waals surface area contributed by atoms with Crippen LogP contribution in [0.25, 0.3) is 0 Å². The maximum absolute atomic E-state index is 10.3. The number of nitriles is 2. The van der Waals surface area contributed by atoms with Gasteiger partial charge in [-0.1, -0.05) is 0 Å². The minimum Gasteiger partial charge on any atom is -0.295 e. The van der Waals surface area contributed by atoms with Gasteiger partial charge in [0.2, 0.25) is 0 Å². The molecule has 0 saturated carbocycles. The molecule has 0 heterocycles. The summed E-state index contributed by atoms with van der Waals surface area (Å²) >= 11 is 0. The van der Waals surface area contributed by atoms with Crippen molar-refractivity contribution in [3.8, 4) is 12.1 Å². The van der Waals surface area contributed by atoms with E-state index in [1.165, 1.54) is 19.1 Å². The first-order valence-corrected chi connectivity index (χ1v) is 2.68. The third kappa shape index (κ3) is 3.40. The Morgan fingerprint density at radius 3 is 2.30 bits per heavy atom. The molecule has 0 fully saturated rings. The molecule has 0 aliphatic rings. The monoisotopic (exact) mass is 134 g/mol. The Labute approximate surface area is 59.2 Å². The van der Waals surface area contributed by atoms with Gasteiger partial charge < -0.3 is 0 Å². The summed E-state index contributed by atoms with van der Waals surface area (Å²) in [4.78, 5) is 10.3. The minimum absolute atomic E-state index is 0.157. The molecule has 0 aliphatic carbocycles. The lowest BCUT2D eigenvalue weighted by molar-refractivity contribution is -0.112. The second kappa shape index (κ2) is 4.29. The van der Waals surface area contributed by atoms with Gasteiger partial charge in [0.25, 0.3) is 0 Å². The molecule has 0 bridgehead atoms. The van der Waals surface area contributed by atoms with Crippen molar-refractivity contribution in [2.24, 2.45) is 5.92 Å². The molecule has 0 aromatic heterocycles. The van der Waals surface area contributed by atoms with E-state index in [4.69, 9.17) is 10.5 Å². The van der Waals surface area contributed by atoms with Crippen molar-refractivity contribution in [3.05, 3.63) is 12.2 Å². The predicted octanol–water partition coefficient (Wildman–Crippen LogP) is 0.795. The van der Waals surface area contributed by atoms with E-state index in [1.807, 2.05) is 0 Å². The molecular formula is C7H6N2O. The molecular weight excluding hydrogens is 128 g/mol. The molecule has 0 unspecified atom stereocenters. The zero-order valence-electron chi connectivity index (χ0n) is 5.53. The van der Waals surface area contributed by atoms with Crippen LogP contribution < -0.4 is 0 Å². The average Bonchev–Trinajstić information content (AvgIpc) is 1.90. The number of ketones is 1. The van der Waals surface area contributed by atoms with E-state index in [9.17, 15) is 4.79 Å². The predicted molar refractivity (Wildman–Crippen MR) is 34.5 cm³/mol. The molecule has 0 spiro atoms. The van der Waals surface area contributed by atoms with Gasteiger partial charge in [-0.3, -0.25) is 4.79 Å². The van der Waals surface area contributed by atoms with Gasteiger partial charge in [0, 0.05) is 0 Å². The number of allylic oxidation sites excluding steroid dienone is 2. The molecule has 3 nitrogen and oxygen atoms in total. The van der Waals surface area contributed by atoms with Crippen LogP contribution in [0.4, 0.5) is 0 Å². The van der Waals surface area contributed by atoms with Crippen LogP contribution in [0.5, 0.6) is 0 Å². The lowest BCUT2D eigenvalue weighted by Gasteiger charge is -1.83. The Balaban J connectivity index is 4.04. The number of nitrogens with zero attached hydrogens (tertiary/aromatic N) is 2. The average molecular weight is 134 g/mol. The summed E-state index contributed by atoms with van der Waals surface area (Å²) in [6.45, 7) is 1.36. The van der Waals surface area contributed by atoms with Crippen molar-refractivity contribution in [1.29, 1.82) is 10.5 Å². The fourth-order valence-corrected chi connectivity index (χ4v) is 0.347. The molecule has 0 radical (unpaired) electrons. The number of rotatable bonds is 2. The quantitative estimate of drug-likeness (QED) is 0.524. The van der Waals surface area contributed by atoms with Crippen LogP contribution in [0.3, 0.4) is 0 Å². The van der Waals surface area contributed by atoms with E-state index in [0.29, 0.717) is 0 Å². The highest BCUT2D eigenvalue weighted by atomic mass is 16.1. The number of carbonyl (C=O) groups is 1. The van der Waals surface area contributed by atoms with E-state index < -0.39 is 5.92 Å². The van der Waals surface area contributed by atoms with Crippen molar-refractivity contribution in [2.75, 3.05) is 0 Å². The summed E-state index contributed by atoms with van der Waals surface area (Å²) < 4.78 is 0. The van der Waals surface area contributed by atoms with Crippen molar-refractivity contribution < 1.29 is 4.79 Å². The van der Waals surface area contributed by atoms with Crippen LogP contribution in [0.2, 0.25) is 0 Å². The largest absolute Gasteiger partial charge is 0.295 e. The molecule has 0 rings (SSSR count). The molecule has 0 aromatic rings. The molecule has 0 aliphatic heterocycles. The van der Waals surface area contributed by atoms with Crippen LogP contribution in [-0.4, -0.2) is 5.78 Å².